The van der Waals surface area contributed by atoms with Crippen LogP contribution < -0.4 is 5.32 Å². The molecule has 0 radical (unpaired) electrons. The number of amides is 2. The number of aryl methyl sites for hydroxylation is 2. The lowest BCUT2D eigenvalue weighted by molar-refractivity contribution is -0.128. The molecule has 154 valence electrons. The highest BCUT2D eigenvalue weighted by atomic mass is 32.2. The van der Waals surface area contributed by atoms with E-state index >= 15 is 0 Å². The van der Waals surface area contributed by atoms with E-state index < -0.39 is 0 Å². The first-order valence-corrected chi connectivity index (χ1v) is 11.0. The molecule has 2 heterocycles. The van der Waals surface area contributed by atoms with Gasteiger partial charge in [-0.1, -0.05) is 37.3 Å². The maximum atomic E-state index is 12.8. The topological polar surface area (TPSA) is 62.6 Å². The molecule has 1 atom stereocenters. The molecule has 2 amide bonds. The summed E-state index contributed by atoms with van der Waals surface area (Å²) in [6.45, 7) is 4.52. The number of hydrogen-bond acceptors (Lipinski definition) is 4. The number of para-hydroxylation sites is 1. The molecule has 1 fully saturated rings. The van der Waals surface area contributed by atoms with Crippen molar-refractivity contribution in [2.75, 3.05) is 11.1 Å². The molecule has 0 unspecified atom stereocenters. The van der Waals surface area contributed by atoms with Crippen molar-refractivity contribution in [1.29, 1.82) is 0 Å². The van der Waals surface area contributed by atoms with Crippen LogP contribution in [0.25, 0.3) is 0 Å². The van der Waals surface area contributed by atoms with Crippen molar-refractivity contribution in [2.45, 2.75) is 32.2 Å². The summed E-state index contributed by atoms with van der Waals surface area (Å²) in [5.41, 5.74) is 4.65. The number of carbonyl (C=O) groups excluding carboxylic acids is 2. The zero-order valence-electron chi connectivity index (χ0n) is 17.1. The van der Waals surface area contributed by atoms with Gasteiger partial charge in [-0.2, -0.15) is 0 Å². The van der Waals surface area contributed by atoms with E-state index in [1.807, 2.05) is 66.4 Å². The summed E-state index contributed by atoms with van der Waals surface area (Å²) in [5, 5.41) is 2.98. The van der Waals surface area contributed by atoms with E-state index in [0.717, 1.165) is 34.6 Å². The Morgan fingerprint density at radius 2 is 1.97 bits per heavy atom. The Labute approximate surface area is 180 Å². The number of nitrogens with zero attached hydrogens (tertiary/aromatic N) is 1. The fourth-order valence-electron chi connectivity index (χ4n) is 3.66. The number of anilines is 1. The molecule has 4 rings (SSSR count). The molecule has 1 aliphatic heterocycles. The van der Waals surface area contributed by atoms with E-state index in [1.165, 1.54) is 0 Å². The van der Waals surface area contributed by atoms with Crippen LogP contribution in [0.3, 0.4) is 0 Å². The smallest absolute Gasteiger partial charge is 0.255 e. The number of hydrogen-bond donors (Lipinski definition) is 1. The summed E-state index contributed by atoms with van der Waals surface area (Å²) in [5.74, 6) is 1.17. The van der Waals surface area contributed by atoms with E-state index in [9.17, 15) is 9.59 Å². The van der Waals surface area contributed by atoms with E-state index in [-0.39, 0.29) is 17.2 Å². The molecule has 30 heavy (non-hydrogen) atoms. The highest BCUT2D eigenvalue weighted by Gasteiger charge is 2.33. The minimum atomic E-state index is -0.131. The SMILES string of the molecule is CCc1cccc(C)c1NC(=O)c1ccc([C@@H]2SCC(=O)N2Cc2ccco2)cc1. The van der Waals surface area contributed by atoms with E-state index in [0.29, 0.717) is 17.9 Å². The Balaban J connectivity index is 1.50. The van der Waals surface area contributed by atoms with Crippen LogP contribution in [0.4, 0.5) is 5.69 Å². The van der Waals surface area contributed by atoms with Crippen molar-refractivity contribution in [3.63, 3.8) is 0 Å². The lowest BCUT2D eigenvalue weighted by Crippen LogP contribution is -2.27. The second kappa shape index (κ2) is 8.79. The second-order valence-corrected chi connectivity index (χ2v) is 8.37. The number of benzene rings is 2. The fraction of sp³-hybridized carbons (Fsp3) is 0.250. The molecule has 3 aromatic rings. The van der Waals surface area contributed by atoms with Gasteiger partial charge in [-0.25, -0.2) is 0 Å². The van der Waals surface area contributed by atoms with Crippen molar-refractivity contribution in [3.05, 3.63) is 88.9 Å². The van der Waals surface area contributed by atoms with Crippen LogP contribution in [0.1, 0.15) is 45.1 Å². The van der Waals surface area contributed by atoms with Gasteiger partial charge < -0.3 is 14.6 Å². The summed E-state index contributed by atoms with van der Waals surface area (Å²) in [4.78, 5) is 27.0. The number of carbonyl (C=O) groups is 2. The standard InChI is InChI=1S/C24H24N2O3S/c1-3-17-7-4-6-16(2)22(17)25-23(28)18-9-11-19(12-10-18)24-26(21(27)15-30-24)14-20-8-5-13-29-20/h4-13,24H,3,14-15H2,1-2H3,(H,25,28)/t24-/m0/s1. The van der Waals surface area contributed by atoms with Crippen LogP contribution in [0.15, 0.2) is 65.3 Å². The largest absolute Gasteiger partial charge is 0.467 e. The summed E-state index contributed by atoms with van der Waals surface area (Å²) >= 11 is 1.59. The van der Waals surface area contributed by atoms with Crippen LogP contribution >= 0.6 is 11.8 Å². The minimum Gasteiger partial charge on any atom is -0.467 e. The average molecular weight is 421 g/mol. The van der Waals surface area contributed by atoms with Crippen LogP contribution in [0, 0.1) is 6.92 Å². The molecule has 0 bridgehead atoms. The van der Waals surface area contributed by atoms with Crippen molar-refractivity contribution in [1.82, 2.24) is 4.90 Å². The van der Waals surface area contributed by atoms with Gasteiger partial charge in [0.15, 0.2) is 0 Å². The van der Waals surface area contributed by atoms with Gasteiger partial charge in [-0.15, -0.1) is 11.8 Å². The quantitative estimate of drug-likeness (QED) is 0.597. The lowest BCUT2D eigenvalue weighted by Gasteiger charge is -2.23. The zero-order chi connectivity index (χ0) is 21.1. The molecule has 1 N–H and O–H groups in total. The lowest BCUT2D eigenvalue weighted by atomic mass is 10.0. The minimum absolute atomic E-state index is 0.0808. The molecule has 0 saturated carbocycles. The van der Waals surface area contributed by atoms with Gasteiger partial charge in [-0.05, 0) is 54.3 Å². The van der Waals surface area contributed by atoms with Crippen LogP contribution in [-0.2, 0) is 17.8 Å². The third-order valence-corrected chi connectivity index (χ3v) is 6.57. The van der Waals surface area contributed by atoms with Crippen molar-refractivity contribution < 1.29 is 14.0 Å². The Morgan fingerprint density at radius 3 is 2.67 bits per heavy atom. The van der Waals surface area contributed by atoms with Gasteiger partial charge in [0.25, 0.3) is 5.91 Å². The van der Waals surface area contributed by atoms with E-state index in [2.05, 4.69) is 12.2 Å². The van der Waals surface area contributed by atoms with Gasteiger partial charge in [0.1, 0.15) is 11.1 Å². The summed E-state index contributed by atoms with van der Waals surface area (Å²) in [6.07, 6.45) is 2.47. The van der Waals surface area contributed by atoms with Crippen molar-refractivity contribution in [2.24, 2.45) is 0 Å². The average Bonchev–Trinajstić information content (AvgIpc) is 3.40. The summed E-state index contributed by atoms with van der Waals surface area (Å²) in [6, 6.07) is 17.2. The highest BCUT2D eigenvalue weighted by Crippen LogP contribution is 2.39. The van der Waals surface area contributed by atoms with Crippen LogP contribution in [-0.4, -0.2) is 22.5 Å². The third kappa shape index (κ3) is 4.14. The Hall–Kier alpha value is -2.99. The predicted molar refractivity (Wildman–Crippen MR) is 119 cm³/mol. The molecule has 0 aliphatic carbocycles. The molecule has 6 heteroatoms. The number of thioether (sulfide) groups is 1. The van der Waals surface area contributed by atoms with Crippen LogP contribution in [0.5, 0.6) is 0 Å². The van der Waals surface area contributed by atoms with Crippen molar-refractivity contribution in [3.8, 4) is 0 Å². The first-order chi connectivity index (χ1) is 14.6. The molecular formula is C24H24N2O3S. The fourth-order valence-corrected chi connectivity index (χ4v) is 4.85. The maximum absolute atomic E-state index is 12.8. The van der Waals surface area contributed by atoms with Gasteiger partial charge in [0.2, 0.25) is 5.91 Å². The normalized spacial score (nSPS) is 16.1. The van der Waals surface area contributed by atoms with Crippen molar-refractivity contribution >= 4 is 29.3 Å². The first-order valence-electron chi connectivity index (χ1n) is 10.00. The van der Waals surface area contributed by atoms with Crippen LogP contribution in [0.2, 0.25) is 0 Å². The van der Waals surface area contributed by atoms with Gasteiger partial charge in [-0.3, -0.25) is 9.59 Å². The maximum Gasteiger partial charge on any atom is 0.255 e. The summed E-state index contributed by atoms with van der Waals surface area (Å²) in [7, 11) is 0. The van der Waals surface area contributed by atoms with Gasteiger partial charge in [0.05, 0.1) is 18.6 Å². The predicted octanol–water partition coefficient (Wildman–Crippen LogP) is 5.18. The number of rotatable bonds is 6. The monoisotopic (exact) mass is 420 g/mol. The van der Waals surface area contributed by atoms with Gasteiger partial charge in [0, 0.05) is 11.3 Å². The number of furan rings is 1. The first kappa shape index (κ1) is 20.3. The van der Waals surface area contributed by atoms with E-state index in [4.69, 9.17) is 4.42 Å². The molecule has 1 aliphatic rings. The summed E-state index contributed by atoms with van der Waals surface area (Å²) < 4.78 is 5.41. The number of nitrogens with one attached hydrogen (secondary N) is 1. The third-order valence-electron chi connectivity index (χ3n) is 5.31. The molecular weight excluding hydrogens is 396 g/mol. The Bertz CT molecular complexity index is 1040. The zero-order valence-corrected chi connectivity index (χ0v) is 17.9. The Morgan fingerprint density at radius 1 is 1.17 bits per heavy atom. The Kier molecular flexibility index (Phi) is 5.95. The second-order valence-electron chi connectivity index (χ2n) is 7.30. The molecule has 5 nitrogen and oxygen atoms in total. The molecule has 0 spiro atoms. The van der Waals surface area contributed by atoms with Gasteiger partial charge >= 0.3 is 0 Å². The van der Waals surface area contributed by atoms with E-state index in [1.54, 1.807) is 18.0 Å². The highest BCUT2D eigenvalue weighted by molar-refractivity contribution is 8.00. The molecule has 1 aromatic heterocycles. The molecule has 2 aromatic carbocycles. The molecule has 1 saturated heterocycles.